The Morgan fingerprint density at radius 3 is 2.10 bits per heavy atom. The number of anilines is 4. The summed E-state index contributed by atoms with van der Waals surface area (Å²) in [5.41, 5.74) is 2.21. The van der Waals surface area contributed by atoms with E-state index >= 15 is 0 Å². The van der Waals surface area contributed by atoms with Crippen molar-refractivity contribution >= 4 is 44.9 Å². The molecular formula is C22H19N4O4S. The van der Waals surface area contributed by atoms with E-state index in [-0.39, 0.29) is 11.6 Å². The van der Waals surface area contributed by atoms with Crippen molar-refractivity contribution in [3.05, 3.63) is 72.8 Å². The van der Waals surface area contributed by atoms with E-state index in [2.05, 4.69) is 21.4 Å². The molecule has 1 heterocycles. The number of aromatic nitrogens is 2. The minimum absolute atomic E-state index is 0.141. The molecular weight excluding hydrogens is 416 g/mol. The number of para-hydroxylation sites is 2. The molecule has 0 aliphatic heterocycles. The molecule has 0 spiro atoms. The fourth-order valence-electron chi connectivity index (χ4n) is 3.05. The molecule has 0 unspecified atom stereocenters. The normalized spacial score (nSPS) is 10.8. The molecule has 0 atom stereocenters. The van der Waals surface area contributed by atoms with Crippen LogP contribution in [0.4, 0.5) is 23.0 Å². The third-order valence-electron chi connectivity index (χ3n) is 4.48. The topological polar surface area (TPSA) is 93.6 Å². The lowest BCUT2D eigenvalue weighted by atomic mass is 10.2. The van der Waals surface area contributed by atoms with Crippen molar-refractivity contribution in [2.45, 2.75) is 0 Å². The Balaban J connectivity index is 1.90. The van der Waals surface area contributed by atoms with Crippen molar-refractivity contribution in [2.75, 3.05) is 23.8 Å². The van der Waals surface area contributed by atoms with Crippen LogP contribution in [0, 0.1) is 6.07 Å². The first-order valence-corrected chi connectivity index (χ1v) is 10.4. The predicted molar refractivity (Wildman–Crippen MR) is 120 cm³/mol. The molecule has 0 amide bonds. The van der Waals surface area contributed by atoms with E-state index in [4.69, 9.17) is 9.47 Å². The molecule has 9 heteroatoms. The lowest BCUT2D eigenvalue weighted by molar-refractivity contribution is 0.395. The maximum Gasteiger partial charge on any atom is 0.230 e. The highest BCUT2D eigenvalue weighted by atomic mass is 32.2. The Morgan fingerprint density at radius 1 is 0.903 bits per heavy atom. The van der Waals surface area contributed by atoms with Gasteiger partial charge in [0.1, 0.15) is 11.5 Å². The molecule has 1 radical (unpaired) electrons. The second-order valence-electron chi connectivity index (χ2n) is 6.42. The maximum atomic E-state index is 12.3. The second-order valence-corrected chi connectivity index (χ2v) is 7.29. The highest BCUT2D eigenvalue weighted by molar-refractivity contribution is 7.74. The third-order valence-corrected chi connectivity index (χ3v) is 5.22. The van der Waals surface area contributed by atoms with Crippen LogP contribution in [0.3, 0.4) is 0 Å². The predicted octanol–water partition coefficient (Wildman–Crippen LogP) is 3.86. The number of rotatable bonds is 7. The van der Waals surface area contributed by atoms with Crippen LogP contribution in [0.1, 0.15) is 0 Å². The van der Waals surface area contributed by atoms with E-state index in [0.29, 0.717) is 33.9 Å². The Kier molecular flexibility index (Phi) is 5.85. The van der Waals surface area contributed by atoms with Crippen molar-refractivity contribution in [1.82, 2.24) is 9.97 Å². The minimum Gasteiger partial charge on any atom is -0.497 e. The highest BCUT2D eigenvalue weighted by Gasteiger charge is 2.20. The molecule has 1 N–H and O–H groups in total. The number of nitrogens with one attached hydrogen (secondary N) is 1. The molecule has 4 aromatic rings. The standard InChI is InChI=1S/C22H19N4O4S/c1-29-17-12-15(13-18(14-17)30-2)23-21-22(25-20-11-7-6-10-19(20)24-21)26(31(27)28)16-8-4-3-5-9-16/h4-14,31H,1-2H3,(H,23,24). The molecule has 8 nitrogen and oxygen atoms in total. The van der Waals surface area contributed by atoms with Gasteiger partial charge in [0.15, 0.2) is 11.6 Å². The molecule has 0 saturated heterocycles. The quantitative estimate of drug-likeness (QED) is 0.426. The zero-order valence-corrected chi connectivity index (χ0v) is 17.7. The van der Waals surface area contributed by atoms with Gasteiger partial charge < -0.3 is 14.8 Å². The SMILES string of the molecule is COc1cc(Nc2nc3ccccc3nc2N(c2cc[c]cc2)[SH](=O)=O)cc(OC)c1. The third kappa shape index (κ3) is 4.36. The fourth-order valence-corrected chi connectivity index (χ4v) is 3.67. The van der Waals surface area contributed by atoms with E-state index in [9.17, 15) is 8.42 Å². The number of hydrogen-bond acceptors (Lipinski definition) is 7. The Hall–Kier alpha value is -3.85. The summed E-state index contributed by atoms with van der Waals surface area (Å²) in [6, 6.07) is 21.9. The van der Waals surface area contributed by atoms with Gasteiger partial charge in [-0.3, -0.25) is 0 Å². The number of hydrogen-bond donors (Lipinski definition) is 2. The molecule has 3 aromatic carbocycles. The lowest BCUT2D eigenvalue weighted by Gasteiger charge is -2.20. The van der Waals surface area contributed by atoms with Gasteiger partial charge in [0.2, 0.25) is 10.9 Å². The number of benzene rings is 3. The van der Waals surface area contributed by atoms with E-state index < -0.39 is 10.9 Å². The van der Waals surface area contributed by atoms with Crippen LogP contribution >= 0.6 is 0 Å². The Labute approximate surface area is 181 Å². The van der Waals surface area contributed by atoms with E-state index in [0.717, 1.165) is 4.31 Å². The smallest absolute Gasteiger partial charge is 0.230 e. The molecule has 0 aliphatic rings. The maximum absolute atomic E-state index is 12.3. The summed E-state index contributed by atoms with van der Waals surface area (Å²) in [5.74, 6) is 1.55. The average molecular weight is 435 g/mol. The van der Waals surface area contributed by atoms with Crippen LogP contribution in [-0.2, 0) is 10.9 Å². The van der Waals surface area contributed by atoms with Gasteiger partial charge in [-0.25, -0.2) is 22.7 Å². The van der Waals surface area contributed by atoms with Crippen molar-refractivity contribution < 1.29 is 17.9 Å². The van der Waals surface area contributed by atoms with Crippen LogP contribution in [0.2, 0.25) is 0 Å². The number of thiol groups is 1. The van der Waals surface area contributed by atoms with Gasteiger partial charge in [-0.2, -0.15) is 0 Å². The summed E-state index contributed by atoms with van der Waals surface area (Å²) in [6.45, 7) is 0. The van der Waals surface area contributed by atoms with Gasteiger partial charge in [-0.05, 0) is 30.3 Å². The van der Waals surface area contributed by atoms with Crippen LogP contribution in [0.25, 0.3) is 11.0 Å². The second kappa shape index (κ2) is 8.88. The van der Waals surface area contributed by atoms with Crippen molar-refractivity contribution in [3.8, 4) is 11.5 Å². The van der Waals surface area contributed by atoms with Crippen LogP contribution in [0.15, 0.2) is 66.7 Å². The first-order valence-electron chi connectivity index (χ1n) is 9.26. The minimum atomic E-state index is -3.05. The number of ether oxygens (including phenoxy) is 2. The van der Waals surface area contributed by atoms with E-state index in [1.807, 2.05) is 18.2 Å². The summed E-state index contributed by atoms with van der Waals surface area (Å²) < 4.78 is 36.3. The summed E-state index contributed by atoms with van der Waals surface area (Å²) >= 11 is 0. The van der Waals surface area contributed by atoms with Crippen molar-refractivity contribution in [2.24, 2.45) is 0 Å². The van der Waals surface area contributed by atoms with Gasteiger partial charge in [0.25, 0.3) is 0 Å². The first kappa shape index (κ1) is 20.4. The molecule has 1 aromatic heterocycles. The lowest BCUT2D eigenvalue weighted by Crippen LogP contribution is -2.18. The van der Waals surface area contributed by atoms with Crippen molar-refractivity contribution in [1.29, 1.82) is 0 Å². The summed E-state index contributed by atoms with van der Waals surface area (Å²) in [5, 5.41) is 3.17. The number of methoxy groups -OCH3 is 2. The first-order chi connectivity index (χ1) is 15.1. The average Bonchev–Trinajstić information content (AvgIpc) is 2.79. The molecule has 0 fully saturated rings. The van der Waals surface area contributed by atoms with Gasteiger partial charge in [-0.1, -0.05) is 24.3 Å². The fraction of sp³-hybridized carbons (Fsp3) is 0.0909. The number of nitrogens with zero attached hydrogens (tertiary/aromatic N) is 3. The molecule has 0 saturated carbocycles. The van der Waals surface area contributed by atoms with Crippen LogP contribution < -0.4 is 19.1 Å². The summed E-state index contributed by atoms with van der Waals surface area (Å²) in [7, 11) is 0.0495. The van der Waals surface area contributed by atoms with Crippen molar-refractivity contribution in [3.63, 3.8) is 0 Å². The molecule has 157 valence electrons. The van der Waals surface area contributed by atoms with Gasteiger partial charge >= 0.3 is 0 Å². The molecule has 0 bridgehead atoms. The Morgan fingerprint density at radius 2 is 1.52 bits per heavy atom. The molecule has 4 rings (SSSR count). The summed E-state index contributed by atoms with van der Waals surface area (Å²) in [6.07, 6.45) is 0. The Bertz CT molecular complexity index is 1270. The summed E-state index contributed by atoms with van der Waals surface area (Å²) in [4.78, 5) is 9.24. The van der Waals surface area contributed by atoms with E-state index in [1.54, 1.807) is 62.8 Å². The van der Waals surface area contributed by atoms with Gasteiger partial charge in [0, 0.05) is 23.9 Å². The number of fused-ring (bicyclic) bond motifs is 1. The zero-order valence-electron chi connectivity index (χ0n) is 16.8. The molecule has 31 heavy (non-hydrogen) atoms. The largest absolute Gasteiger partial charge is 0.497 e. The zero-order chi connectivity index (χ0) is 21.8. The van der Waals surface area contributed by atoms with Crippen LogP contribution in [0.5, 0.6) is 11.5 Å². The van der Waals surface area contributed by atoms with E-state index in [1.165, 1.54) is 0 Å². The highest BCUT2D eigenvalue weighted by Crippen LogP contribution is 2.34. The van der Waals surface area contributed by atoms with Crippen LogP contribution in [-0.4, -0.2) is 32.6 Å². The molecule has 0 aliphatic carbocycles. The van der Waals surface area contributed by atoms with Gasteiger partial charge in [-0.15, -0.1) is 0 Å². The van der Waals surface area contributed by atoms with Gasteiger partial charge in [0.05, 0.1) is 30.9 Å². The monoisotopic (exact) mass is 435 g/mol.